The highest BCUT2D eigenvalue weighted by molar-refractivity contribution is 6.08. The Morgan fingerprint density at radius 1 is 1.10 bits per heavy atom. The van der Waals surface area contributed by atoms with Gasteiger partial charge in [-0.1, -0.05) is 37.3 Å². The summed E-state index contributed by atoms with van der Waals surface area (Å²) < 4.78 is 34.8. The SMILES string of the molecule is COC1=C(OC)C(=O)[C@]23COc4c5c(cc(c42)[C@H](OC(=O)/C=C/c2ccccc2)[C@H](C)[C@@](C)(O)CC3=C1)OCO5. The zero-order valence-corrected chi connectivity index (χ0v) is 22.7. The Balaban J connectivity index is 1.54. The third-order valence-corrected chi connectivity index (χ3v) is 8.35. The molecule has 0 saturated carbocycles. The molecule has 0 bridgehead atoms. The molecule has 1 N–H and O–H groups in total. The number of carbonyl (C=O) groups excluding carboxylic acids is 2. The molecule has 0 saturated heterocycles. The largest absolute Gasteiger partial charge is 0.493 e. The number of allylic oxidation sites excluding steroid dienone is 2. The maximum Gasteiger partial charge on any atom is 0.331 e. The number of ether oxygens (including phenoxy) is 6. The minimum atomic E-state index is -1.40. The number of hydrogen-bond acceptors (Lipinski definition) is 9. The first-order valence-corrected chi connectivity index (χ1v) is 13.0. The number of benzene rings is 2. The van der Waals surface area contributed by atoms with Crippen LogP contribution in [0.25, 0.3) is 6.08 Å². The van der Waals surface area contributed by atoms with Crippen molar-refractivity contribution in [3.63, 3.8) is 0 Å². The number of methoxy groups -OCH3 is 2. The molecule has 208 valence electrons. The van der Waals surface area contributed by atoms with E-state index in [4.69, 9.17) is 28.4 Å². The number of fused-ring (bicyclic) bond motifs is 2. The summed E-state index contributed by atoms with van der Waals surface area (Å²) in [5.74, 6) is -0.107. The molecule has 4 aliphatic rings. The van der Waals surface area contributed by atoms with Crippen molar-refractivity contribution in [3.8, 4) is 17.2 Å². The summed E-state index contributed by atoms with van der Waals surface area (Å²) in [6.45, 7) is 3.42. The maximum atomic E-state index is 14.3. The lowest BCUT2D eigenvalue weighted by Crippen LogP contribution is -2.50. The van der Waals surface area contributed by atoms with E-state index in [0.29, 0.717) is 33.9 Å². The fourth-order valence-electron chi connectivity index (χ4n) is 6.06. The smallest absolute Gasteiger partial charge is 0.331 e. The van der Waals surface area contributed by atoms with Crippen LogP contribution in [0.1, 0.15) is 43.1 Å². The van der Waals surface area contributed by atoms with Crippen LogP contribution in [-0.4, -0.2) is 50.1 Å². The van der Waals surface area contributed by atoms with E-state index in [1.54, 1.807) is 25.1 Å². The highest BCUT2D eigenvalue weighted by atomic mass is 16.7. The lowest BCUT2D eigenvalue weighted by molar-refractivity contribution is -0.152. The average molecular weight is 547 g/mol. The fraction of sp³-hybridized carbons (Fsp3) is 0.355. The summed E-state index contributed by atoms with van der Waals surface area (Å²) in [5, 5.41) is 11.8. The molecule has 2 aliphatic heterocycles. The first-order valence-electron chi connectivity index (χ1n) is 13.0. The molecule has 0 amide bonds. The van der Waals surface area contributed by atoms with Gasteiger partial charge in [0.25, 0.3) is 0 Å². The number of ketones is 1. The summed E-state index contributed by atoms with van der Waals surface area (Å²) in [5.41, 5.74) is -0.282. The molecule has 6 rings (SSSR count). The van der Waals surface area contributed by atoms with Crippen LogP contribution >= 0.6 is 0 Å². The van der Waals surface area contributed by atoms with E-state index in [1.807, 2.05) is 37.3 Å². The van der Waals surface area contributed by atoms with Gasteiger partial charge >= 0.3 is 5.97 Å². The number of aliphatic hydroxyl groups is 1. The molecule has 0 aromatic heterocycles. The quantitative estimate of drug-likeness (QED) is 0.437. The van der Waals surface area contributed by atoms with Crippen molar-refractivity contribution < 1.29 is 43.1 Å². The van der Waals surface area contributed by atoms with Gasteiger partial charge in [0.15, 0.2) is 17.3 Å². The van der Waals surface area contributed by atoms with Crippen molar-refractivity contribution in [1.29, 1.82) is 0 Å². The third-order valence-electron chi connectivity index (χ3n) is 8.35. The number of Topliss-reactive ketones (excluding diaryl/α,β-unsaturated/α-hetero) is 1. The molecule has 2 heterocycles. The molecule has 4 atom stereocenters. The second-order valence-electron chi connectivity index (χ2n) is 10.6. The van der Waals surface area contributed by atoms with E-state index in [0.717, 1.165) is 5.56 Å². The highest BCUT2D eigenvalue weighted by Gasteiger charge is 2.60. The molecule has 2 aliphatic carbocycles. The van der Waals surface area contributed by atoms with Gasteiger partial charge in [-0.2, -0.15) is 0 Å². The second-order valence-corrected chi connectivity index (χ2v) is 10.6. The molecule has 9 heteroatoms. The van der Waals surface area contributed by atoms with Gasteiger partial charge in [-0.15, -0.1) is 0 Å². The van der Waals surface area contributed by atoms with E-state index in [2.05, 4.69) is 0 Å². The minimum absolute atomic E-state index is 0.0210. The van der Waals surface area contributed by atoms with Crippen LogP contribution in [0.15, 0.2) is 65.6 Å². The van der Waals surface area contributed by atoms with Crippen molar-refractivity contribution in [2.45, 2.75) is 37.4 Å². The Hall–Kier alpha value is -4.24. The van der Waals surface area contributed by atoms with Crippen molar-refractivity contribution >= 4 is 17.8 Å². The molecule has 0 unspecified atom stereocenters. The Morgan fingerprint density at radius 3 is 2.60 bits per heavy atom. The van der Waals surface area contributed by atoms with Crippen LogP contribution in [0.4, 0.5) is 0 Å². The van der Waals surface area contributed by atoms with Crippen molar-refractivity contribution in [2.24, 2.45) is 5.92 Å². The van der Waals surface area contributed by atoms with E-state index < -0.39 is 29.0 Å². The lowest BCUT2D eigenvalue weighted by Gasteiger charge is -2.44. The highest BCUT2D eigenvalue weighted by Crippen LogP contribution is 2.61. The first-order chi connectivity index (χ1) is 19.2. The Kier molecular flexibility index (Phi) is 6.14. The van der Waals surface area contributed by atoms with Gasteiger partial charge in [0, 0.05) is 23.1 Å². The van der Waals surface area contributed by atoms with Gasteiger partial charge in [0.2, 0.25) is 24.1 Å². The van der Waals surface area contributed by atoms with Crippen molar-refractivity contribution in [1.82, 2.24) is 0 Å². The van der Waals surface area contributed by atoms with E-state index >= 15 is 0 Å². The molecule has 1 spiro atoms. The summed E-state index contributed by atoms with van der Waals surface area (Å²) in [6.07, 6.45) is 3.90. The van der Waals surface area contributed by atoms with Crippen molar-refractivity contribution in [2.75, 3.05) is 27.6 Å². The normalized spacial score (nSPS) is 28.2. The predicted molar refractivity (Wildman–Crippen MR) is 143 cm³/mol. The van der Waals surface area contributed by atoms with E-state index in [1.165, 1.54) is 20.3 Å². The molecular weight excluding hydrogens is 516 g/mol. The van der Waals surface area contributed by atoms with Crippen LogP contribution in [0, 0.1) is 5.92 Å². The second kappa shape index (κ2) is 9.45. The monoisotopic (exact) mass is 546 g/mol. The van der Waals surface area contributed by atoms with Gasteiger partial charge in [-0.05, 0) is 42.7 Å². The topological polar surface area (TPSA) is 110 Å². The summed E-state index contributed by atoms with van der Waals surface area (Å²) in [7, 11) is 2.87. The standard InChI is InChI=1S/C31H30O9/c1-17-25(40-23(32)11-10-18-8-6-5-7-9-18)20-13-22-26(39-16-38-22)28-24(20)31(15-37-28)19(14-30(17,2)34)12-21(35-3)27(36-4)29(31)33/h5-13,17,25,34H,14-16H2,1-4H3/b11-10+/t17-,25+,30-,31-/m0/s1. The van der Waals surface area contributed by atoms with Gasteiger partial charge in [0.1, 0.15) is 18.1 Å². The molecule has 40 heavy (non-hydrogen) atoms. The Labute approximate surface area is 231 Å². The van der Waals surface area contributed by atoms with E-state index in [9.17, 15) is 14.7 Å². The van der Waals surface area contributed by atoms with Gasteiger partial charge < -0.3 is 33.5 Å². The molecule has 0 radical (unpaired) electrons. The van der Waals surface area contributed by atoms with Crippen LogP contribution < -0.4 is 14.2 Å². The van der Waals surface area contributed by atoms with Crippen LogP contribution in [0.3, 0.4) is 0 Å². The molecular formula is C31H30O9. The minimum Gasteiger partial charge on any atom is -0.493 e. The number of rotatable bonds is 5. The molecule has 2 aromatic carbocycles. The zero-order chi connectivity index (χ0) is 28.2. The molecule has 2 aromatic rings. The summed E-state index contributed by atoms with van der Waals surface area (Å²) >= 11 is 0. The van der Waals surface area contributed by atoms with Crippen LogP contribution in [-0.2, 0) is 29.2 Å². The third kappa shape index (κ3) is 3.79. The van der Waals surface area contributed by atoms with Crippen LogP contribution in [0.5, 0.6) is 17.2 Å². The Morgan fingerprint density at radius 2 is 1.88 bits per heavy atom. The van der Waals surface area contributed by atoms with Gasteiger partial charge in [0.05, 0.1) is 19.8 Å². The lowest BCUT2D eigenvalue weighted by atomic mass is 9.61. The fourth-order valence-corrected chi connectivity index (χ4v) is 6.06. The zero-order valence-electron chi connectivity index (χ0n) is 22.7. The van der Waals surface area contributed by atoms with Gasteiger partial charge in [-0.3, -0.25) is 4.79 Å². The number of hydrogen-bond donors (Lipinski definition) is 1. The molecule has 9 nitrogen and oxygen atoms in total. The van der Waals surface area contributed by atoms with E-state index in [-0.39, 0.29) is 37.1 Å². The Bertz CT molecular complexity index is 1480. The summed E-state index contributed by atoms with van der Waals surface area (Å²) in [4.78, 5) is 27.5. The maximum absolute atomic E-state index is 14.3. The number of esters is 1. The number of carbonyl (C=O) groups is 2. The first kappa shape index (κ1) is 26.0. The molecule has 0 fully saturated rings. The average Bonchev–Trinajstić information content (AvgIpc) is 3.58. The van der Waals surface area contributed by atoms with Gasteiger partial charge in [-0.25, -0.2) is 4.79 Å². The van der Waals surface area contributed by atoms with Crippen molar-refractivity contribution in [3.05, 3.63) is 82.3 Å². The summed E-state index contributed by atoms with van der Waals surface area (Å²) in [6, 6.07) is 11.1. The predicted octanol–water partition coefficient (Wildman–Crippen LogP) is 4.15. The van der Waals surface area contributed by atoms with Crippen LogP contribution in [0.2, 0.25) is 0 Å².